The number of carbonyl (C=O) groups is 1. The number of ether oxygens (including phenoxy) is 1. The van der Waals surface area contributed by atoms with E-state index in [9.17, 15) is 18.0 Å². The third-order valence-corrected chi connectivity index (χ3v) is 3.47. The number of hydrogen-bond acceptors (Lipinski definition) is 3. The van der Waals surface area contributed by atoms with Crippen LogP contribution < -0.4 is 15.0 Å². The van der Waals surface area contributed by atoms with E-state index in [4.69, 9.17) is 11.6 Å². The van der Waals surface area contributed by atoms with Gasteiger partial charge in [0.15, 0.2) is 0 Å². The van der Waals surface area contributed by atoms with Crippen molar-refractivity contribution in [3.05, 3.63) is 53.1 Å². The van der Waals surface area contributed by atoms with Gasteiger partial charge in [0.2, 0.25) is 5.91 Å². The molecule has 4 nitrogen and oxygen atoms in total. The Morgan fingerprint density at radius 2 is 1.80 bits per heavy atom. The zero-order chi connectivity index (χ0) is 18.6. The summed E-state index contributed by atoms with van der Waals surface area (Å²) in [5.74, 6) is -0.642. The lowest BCUT2D eigenvalue weighted by molar-refractivity contribution is -0.274. The van der Waals surface area contributed by atoms with Crippen molar-refractivity contribution in [1.82, 2.24) is 0 Å². The summed E-state index contributed by atoms with van der Waals surface area (Å²) in [6, 6.07) is 10.3. The van der Waals surface area contributed by atoms with Crippen molar-refractivity contribution in [3.8, 4) is 5.75 Å². The normalized spacial score (nSPS) is 11.1. The molecule has 0 saturated carbocycles. The quantitative estimate of drug-likeness (QED) is 0.841. The van der Waals surface area contributed by atoms with Crippen molar-refractivity contribution >= 4 is 28.9 Å². The molecular weight excluding hydrogens is 357 g/mol. The third-order valence-electron chi connectivity index (χ3n) is 3.24. The van der Waals surface area contributed by atoms with E-state index < -0.39 is 6.36 Å². The van der Waals surface area contributed by atoms with Crippen molar-refractivity contribution in [2.75, 3.05) is 24.3 Å². The van der Waals surface area contributed by atoms with Crippen molar-refractivity contribution in [1.29, 1.82) is 0 Å². The van der Waals surface area contributed by atoms with Gasteiger partial charge in [-0.1, -0.05) is 23.7 Å². The molecule has 0 spiro atoms. The van der Waals surface area contributed by atoms with Crippen molar-refractivity contribution < 1.29 is 22.7 Å². The molecule has 2 aromatic carbocycles. The molecule has 0 aromatic heterocycles. The number of amides is 1. The number of hydrogen-bond donors (Lipinski definition) is 1. The van der Waals surface area contributed by atoms with Crippen LogP contribution in [0.25, 0.3) is 0 Å². The number of anilines is 2. The van der Waals surface area contributed by atoms with Gasteiger partial charge in [-0.2, -0.15) is 0 Å². The van der Waals surface area contributed by atoms with E-state index in [1.54, 1.807) is 18.2 Å². The first-order chi connectivity index (χ1) is 11.6. The minimum atomic E-state index is -4.74. The first-order valence-electron chi connectivity index (χ1n) is 7.25. The molecule has 2 rings (SSSR count). The topological polar surface area (TPSA) is 41.6 Å². The van der Waals surface area contributed by atoms with E-state index in [1.165, 1.54) is 24.3 Å². The molecular formula is C17H16ClF3N2O2. The van der Waals surface area contributed by atoms with Crippen LogP contribution in [0.15, 0.2) is 42.5 Å². The maximum absolute atomic E-state index is 12.2. The van der Waals surface area contributed by atoms with Gasteiger partial charge in [0.05, 0.1) is 17.8 Å². The Balaban J connectivity index is 2.05. The van der Waals surface area contributed by atoms with Crippen molar-refractivity contribution in [3.63, 3.8) is 0 Å². The largest absolute Gasteiger partial charge is 0.573 e. The van der Waals surface area contributed by atoms with Crippen LogP contribution in [-0.2, 0) is 11.2 Å². The summed E-state index contributed by atoms with van der Waals surface area (Å²) >= 11 is 5.96. The fourth-order valence-electron chi connectivity index (χ4n) is 2.19. The molecule has 0 fully saturated rings. The molecule has 0 atom stereocenters. The van der Waals surface area contributed by atoms with Gasteiger partial charge in [0.25, 0.3) is 0 Å². The van der Waals surface area contributed by atoms with E-state index in [-0.39, 0.29) is 18.1 Å². The third kappa shape index (κ3) is 5.86. The minimum Gasteiger partial charge on any atom is -0.406 e. The number of carbonyl (C=O) groups excluding carboxylic acids is 1. The van der Waals surface area contributed by atoms with E-state index >= 15 is 0 Å². The van der Waals surface area contributed by atoms with Gasteiger partial charge in [-0.25, -0.2) is 0 Å². The fraction of sp³-hybridized carbons (Fsp3) is 0.235. The Bertz CT molecular complexity index is 747. The van der Waals surface area contributed by atoms with Crippen LogP contribution in [0.1, 0.15) is 5.56 Å². The number of halogens is 4. The monoisotopic (exact) mass is 372 g/mol. The second-order valence-electron chi connectivity index (χ2n) is 5.47. The van der Waals surface area contributed by atoms with E-state index in [0.29, 0.717) is 16.3 Å². The average molecular weight is 373 g/mol. The average Bonchev–Trinajstić information content (AvgIpc) is 2.47. The molecule has 0 radical (unpaired) electrons. The number of alkyl halides is 3. The predicted octanol–water partition coefficient (Wildman–Crippen LogP) is 4.49. The fourth-order valence-corrected chi connectivity index (χ4v) is 2.36. The molecule has 1 amide bonds. The lowest BCUT2D eigenvalue weighted by Gasteiger charge is -2.18. The molecule has 0 aliphatic carbocycles. The summed E-state index contributed by atoms with van der Waals surface area (Å²) in [5.41, 5.74) is 1.90. The molecule has 134 valence electrons. The van der Waals surface area contributed by atoms with Crippen LogP contribution in [0.4, 0.5) is 24.5 Å². The maximum Gasteiger partial charge on any atom is 0.573 e. The smallest absolute Gasteiger partial charge is 0.406 e. The van der Waals surface area contributed by atoms with E-state index in [2.05, 4.69) is 10.1 Å². The van der Waals surface area contributed by atoms with Gasteiger partial charge in [-0.15, -0.1) is 13.2 Å². The first kappa shape index (κ1) is 18.9. The van der Waals surface area contributed by atoms with Crippen molar-refractivity contribution in [2.24, 2.45) is 0 Å². The lowest BCUT2D eigenvalue weighted by atomic mass is 10.1. The molecule has 0 bridgehead atoms. The number of rotatable bonds is 5. The highest BCUT2D eigenvalue weighted by atomic mass is 35.5. The Morgan fingerprint density at radius 3 is 2.36 bits per heavy atom. The number of nitrogens with zero attached hydrogens (tertiary/aromatic N) is 1. The molecule has 25 heavy (non-hydrogen) atoms. The minimum absolute atomic E-state index is 0.00563. The molecule has 0 aliphatic rings. The molecule has 2 aromatic rings. The Hall–Kier alpha value is -2.41. The molecule has 0 heterocycles. The second kappa shape index (κ2) is 7.65. The Labute approximate surface area is 148 Å². The molecule has 0 aliphatic heterocycles. The van der Waals surface area contributed by atoms with Gasteiger partial charge < -0.3 is 15.0 Å². The van der Waals surface area contributed by atoms with Crippen LogP contribution in [0.3, 0.4) is 0 Å². The zero-order valence-corrected chi connectivity index (χ0v) is 14.3. The van der Waals surface area contributed by atoms with Gasteiger partial charge >= 0.3 is 6.36 Å². The molecule has 0 unspecified atom stereocenters. The van der Waals surface area contributed by atoms with Crippen LogP contribution >= 0.6 is 11.6 Å². The molecule has 8 heteroatoms. The van der Waals surface area contributed by atoms with Crippen LogP contribution in [-0.4, -0.2) is 26.4 Å². The maximum atomic E-state index is 12.2. The van der Waals surface area contributed by atoms with Gasteiger partial charge in [0.1, 0.15) is 5.75 Å². The highest BCUT2D eigenvalue weighted by Crippen LogP contribution is 2.28. The van der Waals surface area contributed by atoms with E-state index in [1.807, 2.05) is 19.0 Å². The second-order valence-corrected chi connectivity index (χ2v) is 5.91. The zero-order valence-electron chi connectivity index (χ0n) is 13.5. The number of nitrogens with one attached hydrogen (secondary N) is 1. The summed E-state index contributed by atoms with van der Waals surface area (Å²) in [7, 11) is 3.66. The molecule has 0 saturated heterocycles. The first-order valence-corrected chi connectivity index (χ1v) is 7.63. The summed E-state index contributed by atoms with van der Waals surface area (Å²) in [4.78, 5) is 14.0. The number of benzene rings is 2. The predicted molar refractivity (Wildman–Crippen MR) is 91.2 cm³/mol. The lowest BCUT2D eigenvalue weighted by Crippen LogP contribution is -2.18. The Kier molecular flexibility index (Phi) is 5.79. The highest BCUT2D eigenvalue weighted by Gasteiger charge is 2.30. The SMILES string of the molecule is CN(C)c1ccc(Cl)cc1NC(=O)Cc1ccc(OC(F)(F)F)cc1. The van der Waals surface area contributed by atoms with Crippen molar-refractivity contribution in [2.45, 2.75) is 12.8 Å². The van der Waals surface area contributed by atoms with Gasteiger partial charge in [-0.05, 0) is 35.9 Å². The molecule has 1 N–H and O–H groups in total. The van der Waals surface area contributed by atoms with E-state index in [0.717, 1.165) is 5.69 Å². The van der Waals surface area contributed by atoms with Crippen LogP contribution in [0.2, 0.25) is 5.02 Å². The Morgan fingerprint density at radius 1 is 1.16 bits per heavy atom. The summed E-state index contributed by atoms with van der Waals surface area (Å²) in [6.07, 6.45) is -4.74. The summed E-state index contributed by atoms with van der Waals surface area (Å²) in [6.45, 7) is 0. The summed E-state index contributed by atoms with van der Waals surface area (Å²) < 4.78 is 40.2. The summed E-state index contributed by atoms with van der Waals surface area (Å²) in [5, 5.41) is 3.24. The van der Waals surface area contributed by atoms with Crippen LogP contribution in [0, 0.1) is 0 Å². The highest BCUT2D eigenvalue weighted by molar-refractivity contribution is 6.31. The van der Waals surface area contributed by atoms with Crippen LogP contribution in [0.5, 0.6) is 5.75 Å². The van der Waals surface area contributed by atoms with Gasteiger partial charge in [-0.3, -0.25) is 4.79 Å². The van der Waals surface area contributed by atoms with Gasteiger partial charge in [0, 0.05) is 19.1 Å². The standard InChI is InChI=1S/C17H16ClF3N2O2/c1-23(2)15-8-5-12(18)10-14(15)22-16(24)9-11-3-6-13(7-4-11)25-17(19,20)21/h3-8,10H,9H2,1-2H3,(H,22,24).